The molecule has 3 aliphatic heterocycles. The Morgan fingerprint density at radius 1 is 1.20 bits per heavy atom. The van der Waals surface area contributed by atoms with Gasteiger partial charge in [-0.25, -0.2) is 0 Å². The van der Waals surface area contributed by atoms with Gasteiger partial charge in [-0.15, -0.1) is 0 Å². The quantitative estimate of drug-likeness (QED) is 0.684. The van der Waals surface area contributed by atoms with Gasteiger partial charge in [0.25, 0.3) is 0 Å². The van der Waals surface area contributed by atoms with Crippen LogP contribution in [-0.4, -0.2) is 50.2 Å². The van der Waals surface area contributed by atoms with E-state index in [2.05, 4.69) is 22.5 Å². The summed E-state index contributed by atoms with van der Waals surface area (Å²) in [5.41, 5.74) is 0.674. The molecule has 0 saturated carbocycles. The van der Waals surface area contributed by atoms with Crippen LogP contribution in [0.4, 0.5) is 0 Å². The van der Waals surface area contributed by atoms with E-state index >= 15 is 0 Å². The minimum atomic E-state index is 0.674. The van der Waals surface area contributed by atoms with Crippen molar-refractivity contribution in [2.75, 3.05) is 39.3 Å². The summed E-state index contributed by atoms with van der Waals surface area (Å²) in [6, 6.07) is 0.827. The molecule has 2 N–H and O–H groups in total. The van der Waals surface area contributed by atoms with Crippen molar-refractivity contribution >= 4 is 0 Å². The molecule has 0 unspecified atom stereocenters. The van der Waals surface area contributed by atoms with E-state index in [4.69, 9.17) is 0 Å². The van der Waals surface area contributed by atoms with Crippen molar-refractivity contribution in [3.05, 3.63) is 0 Å². The van der Waals surface area contributed by atoms with Gasteiger partial charge in [0.15, 0.2) is 0 Å². The molecular formula is C12H23N3. The minimum absolute atomic E-state index is 0.674. The minimum Gasteiger partial charge on any atom is -0.317 e. The molecule has 1 spiro atoms. The highest BCUT2D eigenvalue weighted by molar-refractivity contribution is 5.09. The van der Waals surface area contributed by atoms with Crippen LogP contribution in [0, 0.1) is 11.3 Å². The van der Waals surface area contributed by atoms with Gasteiger partial charge in [0, 0.05) is 37.6 Å². The Morgan fingerprint density at radius 2 is 1.93 bits per heavy atom. The highest BCUT2D eigenvalue weighted by Crippen LogP contribution is 2.41. The van der Waals surface area contributed by atoms with Gasteiger partial charge in [0.05, 0.1) is 0 Å². The first-order valence-electron chi connectivity index (χ1n) is 6.46. The smallest absolute Gasteiger partial charge is 0.0232 e. The SMILES string of the molecule is C[C@H]1N(CC2CCNCC2)CC12CNC2. The third-order valence-electron chi connectivity index (χ3n) is 4.86. The van der Waals surface area contributed by atoms with Crippen LogP contribution in [0.3, 0.4) is 0 Å². The van der Waals surface area contributed by atoms with Crippen LogP contribution in [0.25, 0.3) is 0 Å². The van der Waals surface area contributed by atoms with E-state index in [1.807, 2.05) is 0 Å². The number of likely N-dealkylation sites (tertiary alicyclic amines) is 1. The van der Waals surface area contributed by atoms with E-state index < -0.39 is 0 Å². The fraction of sp³-hybridized carbons (Fsp3) is 1.00. The van der Waals surface area contributed by atoms with Gasteiger partial charge >= 0.3 is 0 Å². The molecule has 3 saturated heterocycles. The molecule has 3 fully saturated rings. The van der Waals surface area contributed by atoms with Crippen LogP contribution < -0.4 is 10.6 Å². The number of nitrogens with one attached hydrogen (secondary N) is 2. The number of hydrogen-bond acceptors (Lipinski definition) is 3. The predicted octanol–water partition coefficient (Wildman–Crippen LogP) is 0.280. The topological polar surface area (TPSA) is 27.3 Å². The lowest BCUT2D eigenvalue weighted by atomic mass is 9.67. The average Bonchev–Trinajstić information content (AvgIpc) is 2.22. The molecular weight excluding hydrogens is 186 g/mol. The third kappa shape index (κ3) is 1.61. The lowest BCUT2D eigenvalue weighted by molar-refractivity contribution is -0.105. The van der Waals surface area contributed by atoms with Crippen LogP contribution in [-0.2, 0) is 0 Å². The zero-order valence-electron chi connectivity index (χ0n) is 9.76. The molecule has 86 valence electrons. The Bertz CT molecular complexity index is 231. The highest BCUT2D eigenvalue weighted by Gasteiger charge is 2.53. The largest absolute Gasteiger partial charge is 0.317 e. The molecule has 3 rings (SSSR count). The Balaban J connectivity index is 1.48. The normalized spacial score (nSPS) is 36.2. The van der Waals surface area contributed by atoms with Gasteiger partial charge in [-0.2, -0.15) is 0 Å². The van der Waals surface area contributed by atoms with Gasteiger partial charge in [0.2, 0.25) is 0 Å². The van der Waals surface area contributed by atoms with Crippen LogP contribution >= 0.6 is 0 Å². The summed E-state index contributed by atoms with van der Waals surface area (Å²) in [5.74, 6) is 0.957. The highest BCUT2D eigenvalue weighted by atomic mass is 15.3. The number of hydrogen-bond donors (Lipinski definition) is 2. The molecule has 0 bridgehead atoms. The van der Waals surface area contributed by atoms with E-state index in [1.54, 1.807) is 0 Å². The molecule has 3 heterocycles. The van der Waals surface area contributed by atoms with E-state index in [-0.39, 0.29) is 0 Å². The van der Waals surface area contributed by atoms with Crippen molar-refractivity contribution in [3.63, 3.8) is 0 Å². The Hall–Kier alpha value is -0.120. The second-order valence-corrected chi connectivity index (χ2v) is 5.76. The average molecular weight is 209 g/mol. The maximum Gasteiger partial charge on any atom is 0.0232 e. The van der Waals surface area contributed by atoms with Gasteiger partial charge in [-0.1, -0.05) is 0 Å². The predicted molar refractivity (Wildman–Crippen MR) is 61.9 cm³/mol. The van der Waals surface area contributed by atoms with E-state index in [9.17, 15) is 0 Å². The molecule has 0 aromatic carbocycles. The summed E-state index contributed by atoms with van der Waals surface area (Å²) in [5, 5.41) is 6.87. The molecule has 0 aliphatic carbocycles. The van der Waals surface area contributed by atoms with Crippen LogP contribution in [0.5, 0.6) is 0 Å². The van der Waals surface area contributed by atoms with Crippen molar-refractivity contribution in [1.82, 2.24) is 15.5 Å². The number of nitrogens with zero attached hydrogens (tertiary/aromatic N) is 1. The monoisotopic (exact) mass is 209 g/mol. The van der Waals surface area contributed by atoms with E-state index in [0.717, 1.165) is 12.0 Å². The summed E-state index contributed by atoms with van der Waals surface area (Å²) in [6.45, 7) is 10.1. The molecule has 3 heteroatoms. The molecule has 0 aromatic heterocycles. The lowest BCUT2D eigenvalue weighted by Gasteiger charge is -2.62. The van der Waals surface area contributed by atoms with E-state index in [1.165, 1.54) is 52.1 Å². The molecule has 0 amide bonds. The second-order valence-electron chi connectivity index (χ2n) is 5.76. The first-order valence-corrected chi connectivity index (χ1v) is 6.46. The van der Waals surface area contributed by atoms with Crippen molar-refractivity contribution < 1.29 is 0 Å². The van der Waals surface area contributed by atoms with Crippen LogP contribution in [0.15, 0.2) is 0 Å². The van der Waals surface area contributed by atoms with Gasteiger partial charge in [0.1, 0.15) is 0 Å². The van der Waals surface area contributed by atoms with E-state index in [0.29, 0.717) is 5.41 Å². The van der Waals surface area contributed by atoms with Crippen LogP contribution in [0.1, 0.15) is 19.8 Å². The maximum atomic E-state index is 3.45. The van der Waals surface area contributed by atoms with Crippen LogP contribution in [0.2, 0.25) is 0 Å². The second kappa shape index (κ2) is 3.72. The van der Waals surface area contributed by atoms with Gasteiger partial charge < -0.3 is 10.6 Å². The molecule has 1 atom stereocenters. The molecule has 3 nitrogen and oxygen atoms in total. The standard InChI is InChI=1S/C12H23N3/c1-10-12(7-14-8-12)9-15(10)6-11-2-4-13-5-3-11/h10-11,13-14H,2-9H2,1H3/t10-/m1/s1. The summed E-state index contributed by atoms with van der Waals surface area (Å²) in [7, 11) is 0. The number of rotatable bonds is 2. The molecule has 0 radical (unpaired) electrons. The van der Waals surface area contributed by atoms with Crippen molar-refractivity contribution in [3.8, 4) is 0 Å². The summed E-state index contributed by atoms with van der Waals surface area (Å²) in [6.07, 6.45) is 2.77. The Kier molecular flexibility index (Phi) is 2.49. The Morgan fingerprint density at radius 3 is 2.47 bits per heavy atom. The first kappa shape index (κ1) is 10.1. The zero-order valence-corrected chi connectivity index (χ0v) is 9.76. The summed E-state index contributed by atoms with van der Waals surface area (Å²) >= 11 is 0. The number of piperidine rings is 1. The maximum absolute atomic E-state index is 3.45. The summed E-state index contributed by atoms with van der Waals surface area (Å²) < 4.78 is 0. The zero-order chi connectivity index (χ0) is 10.3. The lowest BCUT2D eigenvalue weighted by Crippen LogP contribution is -2.76. The first-order chi connectivity index (χ1) is 7.30. The molecule has 0 aromatic rings. The molecule has 3 aliphatic rings. The van der Waals surface area contributed by atoms with Crippen molar-refractivity contribution in [1.29, 1.82) is 0 Å². The Labute approximate surface area is 92.6 Å². The van der Waals surface area contributed by atoms with Gasteiger partial charge in [-0.05, 0) is 38.8 Å². The third-order valence-corrected chi connectivity index (χ3v) is 4.86. The summed E-state index contributed by atoms with van der Waals surface area (Å²) in [4.78, 5) is 2.71. The van der Waals surface area contributed by atoms with Crippen molar-refractivity contribution in [2.24, 2.45) is 11.3 Å². The van der Waals surface area contributed by atoms with Gasteiger partial charge in [-0.3, -0.25) is 4.90 Å². The fourth-order valence-corrected chi connectivity index (χ4v) is 3.42. The fourth-order valence-electron chi connectivity index (χ4n) is 3.42. The van der Waals surface area contributed by atoms with Crippen molar-refractivity contribution in [2.45, 2.75) is 25.8 Å². The molecule has 15 heavy (non-hydrogen) atoms.